The van der Waals surface area contributed by atoms with E-state index in [9.17, 15) is 10.2 Å². The molecule has 0 bridgehead atoms. The average Bonchev–Trinajstić information content (AvgIpc) is 2.90. The fourth-order valence-corrected chi connectivity index (χ4v) is 11.3. The molecule has 5 fully saturated rings. The largest absolute Gasteiger partial charge is 0.390 e. The van der Waals surface area contributed by atoms with Gasteiger partial charge in [0.15, 0.2) is 0 Å². The summed E-state index contributed by atoms with van der Waals surface area (Å²) in [5.74, 6) is 5.27. The second kappa shape index (κ2) is 7.96. The van der Waals surface area contributed by atoms with Crippen molar-refractivity contribution in [2.45, 2.75) is 143 Å². The van der Waals surface area contributed by atoms with E-state index in [0.717, 1.165) is 61.2 Å². The molecule has 10 atom stereocenters. The number of rotatable bonds is 6. The topological polar surface area (TPSA) is 40.5 Å². The van der Waals surface area contributed by atoms with E-state index in [2.05, 4.69) is 27.7 Å². The quantitative estimate of drug-likeness (QED) is 0.427. The highest BCUT2D eigenvalue weighted by Crippen LogP contribution is 2.79. The Morgan fingerprint density at radius 2 is 1.70 bits per heavy atom. The Hall–Kier alpha value is -0.0800. The molecule has 0 saturated heterocycles. The molecule has 5 rings (SSSR count). The molecule has 0 radical (unpaired) electrons. The van der Waals surface area contributed by atoms with Gasteiger partial charge >= 0.3 is 0 Å². The van der Waals surface area contributed by atoms with Gasteiger partial charge in [-0.1, -0.05) is 40.5 Å². The summed E-state index contributed by atoms with van der Waals surface area (Å²) in [4.78, 5) is 0. The maximum atomic E-state index is 11.1. The van der Waals surface area contributed by atoms with Crippen LogP contribution < -0.4 is 0 Å². The lowest BCUT2D eigenvalue weighted by molar-refractivity contribution is -0.176. The third-order valence-electron chi connectivity index (χ3n) is 13.4. The fraction of sp³-hybridized carbons (Fsp3) is 1.00. The Balaban J connectivity index is 1.35. The first-order valence-corrected chi connectivity index (χ1v) is 14.8. The number of aliphatic hydroxyl groups is 2. The lowest BCUT2D eigenvalue weighted by atomic mass is 9.39. The first-order valence-electron chi connectivity index (χ1n) is 14.8. The molecule has 0 aliphatic heterocycles. The van der Waals surface area contributed by atoms with E-state index in [4.69, 9.17) is 0 Å². The highest BCUT2D eigenvalue weighted by molar-refractivity contribution is 5.20. The summed E-state index contributed by atoms with van der Waals surface area (Å²) in [6.45, 7) is 14.1. The van der Waals surface area contributed by atoms with Crippen LogP contribution in [-0.2, 0) is 0 Å². The predicted octanol–water partition coefficient (Wildman–Crippen LogP) is 7.75. The molecular weight excluding hydrogens is 404 g/mol. The zero-order valence-electron chi connectivity index (χ0n) is 22.8. The molecule has 1 unspecified atom stereocenters. The molecule has 2 heteroatoms. The van der Waals surface area contributed by atoms with E-state index in [1.807, 2.05) is 13.8 Å². The van der Waals surface area contributed by atoms with Gasteiger partial charge in [0.25, 0.3) is 0 Å². The highest BCUT2D eigenvalue weighted by atomic mass is 16.3. The molecule has 190 valence electrons. The minimum Gasteiger partial charge on any atom is -0.390 e. The second-order valence-electron chi connectivity index (χ2n) is 15.0. The van der Waals surface area contributed by atoms with Crippen LogP contribution in [-0.4, -0.2) is 21.4 Å². The summed E-state index contributed by atoms with van der Waals surface area (Å²) < 4.78 is 0. The van der Waals surface area contributed by atoms with E-state index < -0.39 is 5.60 Å². The molecule has 0 aromatic carbocycles. The van der Waals surface area contributed by atoms with Crippen molar-refractivity contribution >= 4 is 0 Å². The van der Waals surface area contributed by atoms with Crippen LogP contribution in [0.4, 0.5) is 0 Å². The molecule has 0 aromatic rings. The van der Waals surface area contributed by atoms with E-state index in [0.29, 0.717) is 16.2 Å². The van der Waals surface area contributed by atoms with E-state index in [1.54, 1.807) is 0 Å². The summed E-state index contributed by atoms with van der Waals surface area (Å²) in [7, 11) is 0. The fourth-order valence-electron chi connectivity index (χ4n) is 11.3. The van der Waals surface area contributed by atoms with Crippen molar-refractivity contribution in [2.75, 3.05) is 0 Å². The van der Waals surface area contributed by atoms with E-state index in [-0.39, 0.29) is 5.60 Å². The first kappa shape index (κ1) is 24.6. The van der Waals surface area contributed by atoms with E-state index in [1.165, 1.54) is 64.2 Å². The maximum absolute atomic E-state index is 11.1. The Labute approximate surface area is 204 Å². The van der Waals surface area contributed by atoms with Gasteiger partial charge < -0.3 is 10.2 Å². The Morgan fingerprint density at radius 1 is 0.939 bits per heavy atom. The van der Waals surface area contributed by atoms with Crippen LogP contribution in [0, 0.1) is 51.8 Å². The third kappa shape index (κ3) is 3.53. The van der Waals surface area contributed by atoms with Gasteiger partial charge in [0.1, 0.15) is 0 Å². The van der Waals surface area contributed by atoms with Gasteiger partial charge in [0.05, 0.1) is 11.2 Å². The lowest BCUT2D eigenvalue weighted by Crippen LogP contribution is -2.59. The van der Waals surface area contributed by atoms with Gasteiger partial charge in [-0.3, -0.25) is 0 Å². The number of hydrogen-bond acceptors (Lipinski definition) is 2. The smallest absolute Gasteiger partial charge is 0.0648 e. The SMILES string of the molecule is CC[C@]1(O)CC[C@@]2(C)[C@@H](CCC3[C@@H]2CC[C@@]2(C)[C@H]3C[C@H]3CC[C@]32[C@H](C)CCCC(C)(C)O)C1. The minimum absolute atomic E-state index is 0.380. The normalized spacial score (nSPS) is 52.2. The van der Waals surface area contributed by atoms with Gasteiger partial charge in [0, 0.05) is 0 Å². The molecule has 0 heterocycles. The van der Waals surface area contributed by atoms with Gasteiger partial charge in [-0.05, 0) is 143 Å². The Kier molecular flexibility index (Phi) is 5.94. The molecule has 5 aliphatic rings. The second-order valence-corrected chi connectivity index (χ2v) is 15.0. The summed E-state index contributed by atoms with van der Waals surface area (Å²) in [6.07, 6.45) is 17.8. The molecule has 0 aromatic heterocycles. The molecule has 33 heavy (non-hydrogen) atoms. The maximum Gasteiger partial charge on any atom is 0.0648 e. The summed E-state index contributed by atoms with van der Waals surface area (Å²) in [5, 5.41) is 21.3. The predicted molar refractivity (Wildman–Crippen MR) is 137 cm³/mol. The van der Waals surface area contributed by atoms with Crippen LogP contribution >= 0.6 is 0 Å². The van der Waals surface area contributed by atoms with Gasteiger partial charge in [0.2, 0.25) is 0 Å². The van der Waals surface area contributed by atoms with Gasteiger partial charge in [-0.2, -0.15) is 0 Å². The number of hydrogen-bond donors (Lipinski definition) is 2. The Bertz CT molecular complexity index is 740. The standard InChI is InChI=1S/C31H54O2/c1-7-30(33)18-17-28(5)23(20-30)10-11-24-25(28)13-15-29(6)26(24)19-22-12-16-31(22,29)21(2)9-8-14-27(3,4)32/h21-26,32-33H,7-20H2,1-6H3/t21-,22-,23+,24?,25+,26+,28+,29+,30+,31+/m1/s1. The van der Waals surface area contributed by atoms with Crippen molar-refractivity contribution in [2.24, 2.45) is 51.8 Å². The van der Waals surface area contributed by atoms with Crippen molar-refractivity contribution in [1.82, 2.24) is 0 Å². The molecule has 0 amide bonds. The van der Waals surface area contributed by atoms with Crippen molar-refractivity contribution < 1.29 is 10.2 Å². The molecule has 5 saturated carbocycles. The molecule has 2 N–H and O–H groups in total. The van der Waals surface area contributed by atoms with Crippen LogP contribution in [0.15, 0.2) is 0 Å². The number of fused-ring (bicyclic) bond motifs is 7. The zero-order valence-corrected chi connectivity index (χ0v) is 22.8. The van der Waals surface area contributed by atoms with Crippen molar-refractivity contribution in [3.63, 3.8) is 0 Å². The highest BCUT2D eigenvalue weighted by Gasteiger charge is 2.71. The van der Waals surface area contributed by atoms with Crippen molar-refractivity contribution in [1.29, 1.82) is 0 Å². The molecule has 0 spiro atoms. The van der Waals surface area contributed by atoms with Crippen LogP contribution in [0.1, 0.15) is 131 Å². The molecular formula is C31H54O2. The molecule has 2 nitrogen and oxygen atoms in total. The zero-order chi connectivity index (χ0) is 23.9. The van der Waals surface area contributed by atoms with Crippen LogP contribution in [0.5, 0.6) is 0 Å². The van der Waals surface area contributed by atoms with Crippen molar-refractivity contribution in [3.05, 3.63) is 0 Å². The lowest BCUT2D eigenvalue weighted by Gasteiger charge is -2.65. The van der Waals surface area contributed by atoms with Crippen molar-refractivity contribution in [3.8, 4) is 0 Å². The van der Waals surface area contributed by atoms with Gasteiger partial charge in [-0.25, -0.2) is 0 Å². The summed E-state index contributed by atoms with van der Waals surface area (Å²) >= 11 is 0. The van der Waals surface area contributed by atoms with E-state index >= 15 is 0 Å². The summed E-state index contributed by atoms with van der Waals surface area (Å²) in [6, 6.07) is 0. The van der Waals surface area contributed by atoms with Crippen LogP contribution in [0.2, 0.25) is 0 Å². The van der Waals surface area contributed by atoms with Crippen LogP contribution in [0.3, 0.4) is 0 Å². The Morgan fingerprint density at radius 3 is 2.33 bits per heavy atom. The summed E-state index contributed by atoms with van der Waals surface area (Å²) in [5.41, 5.74) is 0.685. The monoisotopic (exact) mass is 458 g/mol. The minimum atomic E-state index is -0.519. The third-order valence-corrected chi connectivity index (χ3v) is 13.4. The average molecular weight is 459 g/mol. The molecule has 5 aliphatic carbocycles. The first-order chi connectivity index (χ1) is 15.4. The van der Waals surface area contributed by atoms with Gasteiger partial charge in [-0.15, -0.1) is 0 Å². The van der Waals surface area contributed by atoms with Crippen LogP contribution in [0.25, 0.3) is 0 Å².